The first-order valence-corrected chi connectivity index (χ1v) is 15.1. The number of nitrogens with zero attached hydrogens (tertiary/aromatic N) is 1. The Morgan fingerprint density at radius 2 is 1.71 bits per heavy atom. The van der Waals surface area contributed by atoms with Crippen molar-refractivity contribution in [1.29, 1.82) is 0 Å². The number of anilines is 1. The van der Waals surface area contributed by atoms with E-state index in [-0.39, 0.29) is 38.3 Å². The quantitative estimate of drug-likeness (QED) is 0.133. The Morgan fingerprint density at radius 1 is 1.05 bits per heavy atom. The number of hydrogen-bond donors (Lipinski definition) is 5. The third kappa shape index (κ3) is 9.80. The normalized spacial score (nSPS) is 12.2. The monoisotopic (exact) mass is 612 g/mol. The summed E-state index contributed by atoms with van der Waals surface area (Å²) in [5, 5.41) is 23.6. The predicted molar refractivity (Wildman–Crippen MR) is 142 cm³/mol. The van der Waals surface area contributed by atoms with Crippen molar-refractivity contribution in [1.82, 2.24) is 10.6 Å². The summed E-state index contributed by atoms with van der Waals surface area (Å²) in [5.74, 6) is -4.10. The van der Waals surface area contributed by atoms with Gasteiger partial charge in [-0.2, -0.15) is 0 Å². The molecule has 2 atom stereocenters. The second-order valence-corrected chi connectivity index (χ2v) is 11.9. The summed E-state index contributed by atoms with van der Waals surface area (Å²) in [5.41, 5.74) is 6.38. The van der Waals surface area contributed by atoms with E-state index in [0.717, 1.165) is 4.46 Å². The van der Waals surface area contributed by atoms with E-state index < -0.39 is 42.4 Å². The molecule has 0 fully saturated rings. The van der Waals surface area contributed by atoms with E-state index >= 15 is 0 Å². The maximum atomic E-state index is 13.2. The van der Waals surface area contributed by atoms with Crippen molar-refractivity contribution in [3.8, 4) is 0 Å². The SMILES string of the molecule is CON(C(=O)c1ccccc1[Se]SCC(NC(=O)CCC(N)C(=O)O)C(=O)NCC(=O)O)c1ccccc1. The molecule has 2 rings (SSSR count). The number of carbonyl (C=O) groups excluding carboxylic acids is 3. The Balaban J connectivity index is 2.09. The molecule has 204 valence electrons. The number of carbonyl (C=O) groups is 5. The van der Waals surface area contributed by atoms with E-state index in [1.165, 1.54) is 22.4 Å². The van der Waals surface area contributed by atoms with E-state index in [1.807, 2.05) is 6.07 Å². The molecule has 3 amide bonds. The van der Waals surface area contributed by atoms with Crippen LogP contribution in [0, 0.1) is 0 Å². The Kier molecular flexibility index (Phi) is 12.8. The van der Waals surface area contributed by atoms with Crippen LogP contribution in [0.5, 0.6) is 0 Å². The van der Waals surface area contributed by atoms with Crippen LogP contribution in [0.25, 0.3) is 0 Å². The van der Waals surface area contributed by atoms with Crippen molar-refractivity contribution in [2.24, 2.45) is 5.73 Å². The minimum absolute atomic E-state index is 0.0807. The van der Waals surface area contributed by atoms with E-state index in [1.54, 1.807) is 48.5 Å². The zero-order chi connectivity index (χ0) is 28.1. The van der Waals surface area contributed by atoms with Crippen molar-refractivity contribution in [2.45, 2.75) is 24.9 Å². The van der Waals surface area contributed by atoms with Crippen molar-refractivity contribution >= 4 is 63.8 Å². The average Bonchev–Trinajstić information content (AvgIpc) is 2.90. The van der Waals surface area contributed by atoms with Gasteiger partial charge in [-0.15, -0.1) is 0 Å². The van der Waals surface area contributed by atoms with E-state index in [9.17, 15) is 24.0 Å². The molecule has 0 aliphatic rings. The fourth-order valence-corrected chi connectivity index (χ4v) is 7.21. The van der Waals surface area contributed by atoms with Gasteiger partial charge in [0.15, 0.2) is 0 Å². The van der Waals surface area contributed by atoms with Crippen LogP contribution in [0.15, 0.2) is 54.6 Å². The third-order valence-corrected chi connectivity index (χ3v) is 9.17. The molecule has 0 heterocycles. The topological polar surface area (TPSA) is 188 Å². The average molecular weight is 612 g/mol. The molecule has 0 saturated carbocycles. The van der Waals surface area contributed by atoms with E-state index in [4.69, 9.17) is 20.8 Å². The van der Waals surface area contributed by atoms with Crippen LogP contribution in [0.4, 0.5) is 5.69 Å². The minimum atomic E-state index is -1.25. The summed E-state index contributed by atoms with van der Waals surface area (Å²) < 4.78 is 0.719. The van der Waals surface area contributed by atoms with Crippen LogP contribution >= 0.6 is 10.2 Å². The van der Waals surface area contributed by atoms with Crippen molar-refractivity contribution in [3.05, 3.63) is 60.2 Å². The van der Waals surface area contributed by atoms with Crippen LogP contribution in [0.3, 0.4) is 0 Å². The number of aliphatic carboxylic acids is 2. The number of amides is 3. The Labute approximate surface area is 228 Å². The Bertz CT molecular complexity index is 1140. The summed E-state index contributed by atoms with van der Waals surface area (Å²) in [6.45, 7) is -0.630. The first-order chi connectivity index (χ1) is 18.1. The number of rotatable bonds is 15. The zero-order valence-corrected chi connectivity index (χ0v) is 22.9. The van der Waals surface area contributed by atoms with Crippen molar-refractivity contribution in [2.75, 3.05) is 24.5 Å². The maximum absolute atomic E-state index is 13.2. The molecule has 0 aromatic heterocycles. The molecule has 2 aromatic rings. The van der Waals surface area contributed by atoms with Gasteiger partial charge in [0.25, 0.3) is 0 Å². The van der Waals surface area contributed by atoms with Crippen LogP contribution in [0.2, 0.25) is 0 Å². The van der Waals surface area contributed by atoms with Gasteiger partial charge in [-0.25, -0.2) is 0 Å². The number of benzene rings is 2. The molecule has 0 aliphatic carbocycles. The molecular weight excluding hydrogens is 583 g/mol. The van der Waals surface area contributed by atoms with Gasteiger partial charge in [0, 0.05) is 0 Å². The van der Waals surface area contributed by atoms with Crippen molar-refractivity contribution in [3.63, 3.8) is 0 Å². The molecular formula is C24H28N4O8SSe. The summed E-state index contributed by atoms with van der Waals surface area (Å²) in [6, 6.07) is 13.5. The number of hydroxylamine groups is 1. The third-order valence-electron chi connectivity index (χ3n) is 4.92. The molecule has 2 aromatic carbocycles. The molecule has 2 unspecified atom stereocenters. The van der Waals surface area contributed by atoms with Gasteiger partial charge < -0.3 is 0 Å². The van der Waals surface area contributed by atoms with Gasteiger partial charge in [0.1, 0.15) is 0 Å². The second-order valence-electron chi connectivity index (χ2n) is 7.70. The molecule has 0 saturated heterocycles. The first-order valence-electron chi connectivity index (χ1n) is 11.2. The summed E-state index contributed by atoms with van der Waals surface area (Å²) in [6.07, 6.45) is -0.357. The zero-order valence-electron chi connectivity index (χ0n) is 20.4. The Hall–Kier alpha value is -3.42. The fraction of sp³-hybridized carbons (Fsp3) is 0.292. The molecule has 14 heteroatoms. The molecule has 6 N–H and O–H groups in total. The van der Waals surface area contributed by atoms with Gasteiger partial charge in [0.05, 0.1) is 0 Å². The molecule has 0 bridgehead atoms. The fourth-order valence-electron chi connectivity index (χ4n) is 3.01. The number of hydrogen-bond acceptors (Lipinski definition) is 8. The predicted octanol–water partition coefficient (Wildman–Crippen LogP) is -0.250. The Morgan fingerprint density at radius 3 is 2.34 bits per heavy atom. The van der Waals surface area contributed by atoms with Crippen LogP contribution in [-0.4, -0.2) is 85.2 Å². The van der Waals surface area contributed by atoms with Gasteiger partial charge in [0.2, 0.25) is 0 Å². The summed E-state index contributed by atoms with van der Waals surface area (Å²) in [4.78, 5) is 65.1. The number of carboxylic acids is 2. The van der Waals surface area contributed by atoms with Crippen molar-refractivity contribution < 1.29 is 39.0 Å². The standard InChI is InChI=1S/C24H28N4O8SSe/c1-36-28(15-7-3-2-4-8-15)23(33)16-9-5-6-10-19(16)38-37-14-18(22(32)26-13-21(30)31)27-20(29)12-11-17(25)24(34)35/h2-10,17-18H,11-14,25H2,1H3,(H,26,32)(H,27,29)(H,30,31)(H,34,35). The van der Waals surface area contributed by atoms with Gasteiger partial charge >= 0.3 is 229 Å². The molecule has 0 radical (unpaired) electrons. The summed E-state index contributed by atoms with van der Waals surface area (Å²) in [7, 11) is 2.69. The second kappa shape index (κ2) is 15.7. The molecule has 0 aliphatic heterocycles. The van der Waals surface area contributed by atoms with Crippen LogP contribution in [-0.2, 0) is 24.0 Å². The van der Waals surface area contributed by atoms with Crippen LogP contribution in [0.1, 0.15) is 23.2 Å². The van der Waals surface area contributed by atoms with E-state index in [0.29, 0.717) is 11.3 Å². The number of nitrogens with two attached hydrogens (primary N) is 1. The van der Waals surface area contributed by atoms with Gasteiger partial charge in [-0.3, -0.25) is 0 Å². The summed E-state index contributed by atoms with van der Waals surface area (Å²) >= 11 is -0.385. The first kappa shape index (κ1) is 30.8. The van der Waals surface area contributed by atoms with Gasteiger partial charge in [-0.1, -0.05) is 0 Å². The number of carboxylic acid groups (broad SMARTS) is 2. The molecule has 0 spiro atoms. The molecule has 12 nitrogen and oxygen atoms in total. The number of para-hydroxylation sites is 1. The van der Waals surface area contributed by atoms with Crippen LogP contribution < -0.4 is 25.9 Å². The van der Waals surface area contributed by atoms with E-state index in [2.05, 4.69) is 10.6 Å². The van der Waals surface area contributed by atoms with Gasteiger partial charge in [-0.05, 0) is 0 Å². The number of nitrogens with one attached hydrogen (secondary N) is 2. The molecule has 38 heavy (non-hydrogen) atoms.